The van der Waals surface area contributed by atoms with Crippen molar-refractivity contribution in [1.29, 1.82) is 0 Å². The van der Waals surface area contributed by atoms with Gasteiger partial charge in [0, 0.05) is 19.3 Å². The first-order valence-electron chi connectivity index (χ1n) is 13.0. The van der Waals surface area contributed by atoms with Crippen LogP contribution in [0.1, 0.15) is 56.8 Å². The van der Waals surface area contributed by atoms with Gasteiger partial charge in [0.1, 0.15) is 11.5 Å². The standard InChI is InChI=1S/C30H38FN3O2Si/c1-7-34-26-21-22(13-12-20-36-37(5,6)29(2,3)4)17-18-25(26)33-28(34)30(35,23-14-9-8-10-15-23)27-24(31)16-11-19-32-27/h8-11,14-19,21,35H,7,12-13,20H2,1-6H3. The molecule has 5 nitrogen and oxygen atoms in total. The fourth-order valence-electron chi connectivity index (χ4n) is 4.44. The van der Waals surface area contributed by atoms with Crippen LogP contribution in [0.2, 0.25) is 18.1 Å². The van der Waals surface area contributed by atoms with Crippen molar-refractivity contribution in [2.75, 3.05) is 6.61 Å². The second-order valence-corrected chi connectivity index (χ2v) is 15.9. The van der Waals surface area contributed by atoms with Gasteiger partial charge in [-0.05, 0) is 73.3 Å². The Morgan fingerprint density at radius 3 is 2.41 bits per heavy atom. The Labute approximate surface area is 220 Å². The van der Waals surface area contributed by atoms with Crippen LogP contribution in [0.5, 0.6) is 0 Å². The van der Waals surface area contributed by atoms with Crippen LogP contribution < -0.4 is 0 Å². The molecular weight excluding hydrogens is 481 g/mol. The highest BCUT2D eigenvalue weighted by atomic mass is 28.4. The van der Waals surface area contributed by atoms with Crippen molar-refractivity contribution < 1.29 is 13.9 Å². The lowest BCUT2D eigenvalue weighted by Crippen LogP contribution is -2.41. The summed E-state index contributed by atoms with van der Waals surface area (Å²) in [6, 6.07) is 18.1. The maximum absolute atomic E-state index is 15.1. The number of rotatable bonds is 9. The van der Waals surface area contributed by atoms with E-state index in [1.54, 1.807) is 12.1 Å². The predicted molar refractivity (Wildman–Crippen MR) is 150 cm³/mol. The van der Waals surface area contributed by atoms with Crippen molar-refractivity contribution in [3.8, 4) is 0 Å². The molecule has 0 bridgehead atoms. The first-order chi connectivity index (χ1) is 17.5. The third-order valence-corrected chi connectivity index (χ3v) is 12.2. The molecule has 0 aliphatic carbocycles. The molecule has 7 heteroatoms. The lowest BCUT2D eigenvalue weighted by atomic mass is 9.88. The van der Waals surface area contributed by atoms with Crippen molar-refractivity contribution in [2.24, 2.45) is 0 Å². The Morgan fingerprint density at radius 1 is 1.03 bits per heavy atom. The van der Waals surface area contributed by atoms with E-state index in [4.69, 9.17) is 9.41 Å². The number of aryl methyl sites for hydroxylation is 2. The van der Waals surface area contributed by atoms with E-state index in [9.17, 15) is 5.11 Å². The Hall–Kier alpha value is -2.87. The molecule has 4 rings (SSSR count). The molecule has 0 radical (unpaired) electrons. The van der Waals surface area contributed by atoms with E-state index in [1.807, 2.05) is 35.8 Å². The van der Waals surface area contributed by atoms with Crippen LogP contribution >= 0.6 is 0 Å². The lowest BCUT2D eigenvalue weighted by molar-refractivity contribution is 0.102. The quantitative estimate of drug-likeness (QED) is 0.194. The number of aromatic nitrogens is 3. The fraction of sp³-hybridized carbons (Fsp3) is 0.400. The van der Waals surface area contributed by atoms with E-state index in [0.717, 1.165) is 30.5 Å². The van der Waals surface area contributed by atoms with Crippen molar-refractivity contribution in [3.63, 3.8) is 0 Å². The number of halogens is 1. The minimum absolute atomic E-state index is 0.0609. The summed E-state index contributed by atoms with van der Waals surface area (Å²) >= 11 is 0. The third kappa shape index (κ3) is 5.26. The zero-order valence-electron chi connectivity index (χ0n) is 22.8. The minimum Gasteiger partial charge on any atom is -0.417 e. The van der Waals surface area contributed by atoms with Gasteiger partial charge in [-0.3, -0.25) is 4.98 Å². The largest absolute Gasteiger partial charge is 0.417 e. The lowest BCUT2D eigenvalue weighted by Gasteiger charge is -2.36. The second-order valence-electron chi connectivity index (χ2n) is 11.1. The highest BCUT2D eigenvalue weighted by Crippen LogP contribution is 2.38. The van der Waals surface area contributed by atoms with Crippen molar-refractivity contribution in [2.45, 2.75) is 70.8 Å². The molecule has 1 unspecified atom stereocenters. The van der Waals surface area contributed by atoms with Gasteiger partial charge in [-0.15, -0.1) is 0 Å². The zero-order valence-corrected chi connectivity index (χ0v) is 23.8. The average Bonchev–Trinajstić information content (AvgIpc) is 3.25. The molecule has 1 atom stereocenters. The Morgan fingerprint density at radius 2 is 1.76 bits per heavy atom. The van der Waals surface area contributed by atoms with E-state index >= 15 is 4.39 Å². The molecule has 37 heavy (non-hydrogen) atoms. The second kappa shape index (κ2) is 10.5. The molecule has 2 aromatic carbocycles. The van der Waals surface area contributed by atoms with E-state index in [0.29, 0.717) is 17.9 Å². The van der Waals surface area contributed by atoms with Gasteiger partial charge in [-0.1, -0.05) is 57.2 Å². The highest BCUT2D eigenvalue weighted by Gasteiger charge is 2.42. The Kier molecular flexibility index (Phi) is 7.69. The number of fused-ring (bicyclic) bond motifs is 1. The van der Waals surface area contributed by atoms with E-state index in [-0.39, 0.29) is 10.7 Å². The van der Waals surface area contributed by atoms with Crippen molar-refractivity contribution >= 4 is 19.4 Å². The summed E-state index contributed by atoms with van der Waals surface area (Å²) in [4.78, 5) is 9.10. The van der Waals surface area contributed by atoms with E-state index in [2.05, 4.69) is 51.0 Å². The van der Waals surface area contributed by atoms with Crippen molar-refractivity contribution in [1.82, 2.24) is 14.5 Å². The van der Waals surface area contributed by atoms with Crippen LogP contribution in [0.15, 0.2) is 66.9 Å². The van der Waals surface area contributed by atoms with E-state index < -0.39 is 19.7 Å². The zero-order chi connectivity index (χ0) is 26.8. The fourth-order valence-corrected chi connectivity index (χ4v) is 5.53. The van der Waals surface area contributed by atoms with Crippen LogP contribution in [0.3, 0.4) is 0 Å². The molecule has 0 saturated heterocycles. The smallest absolute Gasteiger partial charge is 0.193 e. The van der Waals surface area contributed by atoms with Gasteiger partial charge in [-0.2, -0.15) is 0 Å². The maximum Gasteiger partial charge on any atom is 0.193 e. The van der Waals surface area contributed by atoms with Crippen LogP contribution in [-0.4, -0.2) is 34.6 Å². The van der Waals surface area contributed by atoms with E-state index in [1.165, 1.54) is 23.9 Å². The van der Waals surface area contributed by atoms with Gasteiger partial charge in [0.15, 0.2) is 19.7 Å². The number of hydrogen-bond acceptors (Lipinski definition) is 4. The van der Waals surface area contributed by atoms with Gasteiger partial charge >= 0.3 is 0 Å². The normalized spacial score (nSPS) is 14.2. The number of benzene rings is 2. The molecule has 0 amide bonds. The van der Waals surface area contributed by atoms with Crippen LogP contribution in [-0.2, 0) is 23.0 Å². The van der Waals surface area contributed by atoms with Gasteiger partial charge in [0.2, 0.25) is 0 Å². The first kappa shape index (κ1) is 27.2. The van der Waals surface area contributed by atoms with Crippen LogP contribution in [0.25, 0.3) is 11.0 Å². The minimum atomic E-state index is -1.85. The molecule has 0 saturated carbocycles. The predicted octanol–water partition coefficient (Wildman–Crippen LogP) is 6.83. The first-order valence-corrected chi connectivity index (χ1v) is 15.9. The summed E-state index contributed by atoms with van der Waals surface area (Å²) in [5, 5.41) is 12.4. The summed E-state index contributed by atoms with van der Waals surface area (Å²) in [5.74, 6) is -0.224. The summed E-state index contributed by atoms with van der Waals surface area (Å²) in [7, 11) is -1.77. The molecule has 0 fully saturated rings. The summed E-state index contributed by atoms with van der Waals surface area (Å²) in [6.07, 6.45) is 3.31. The average molecular weight is 520 g/mol. The Balaban J connectivity index is 1.70. The number of pyridine rings is 1. The molecular formula is C30H38FN3O2Si. The van der Waals surface area contributed by atoms with Gasteiger partial charge in [0.25, 0.3) is 0 Å². The Bertz CT molecular complexity index is 1360. The molecule has 2 aromatic heterocycles. The third-order valence-electron chi connectivity index (χ3n) is 7.62. The molecule has 0 spiro atoms. The van der Waals surface area contributed by atoms with Crippen molar-refractivity contribution in [3.05, 3.63) is 95.3 Å². The molecule has 0 aliphatic rings. The number of aliphatic hydroxyl groups is 1. The molecule has 2 heterocycles. The molecule has 196 valence electrons. The summed E-state index contributed by atoms with van der Waals surface area (Å²) < 4.78 is 23.4. The molecule has 4 aromatic rings. The highest BCUT2D eigenvalue weighted by molar-refractivity contribution is 6.74. The van der Waals surface area contributed by atoms with Crippen LogP contribution in [0, 0.1) is 5.82 Å². The summed E-state index contributed by atoms with van der Waals surface area (Å²) in [5.41, 5.74) is 1.45. The van der Waals surface area contributed by atoms with Gasteiger partial charge in [-0.25, -0.2) is 9.37 Å². The van der Waals surface area contributed by atoms with Gasteiger partial charge < -0.3 is 14.1 Å². The molecule has 1 N–H and O–H groups in total. The van der Waals surface area contributed by atoms with Gasteiger partial charge in [0.05, 0.1) is 11.0 Å². The monoisotopic (exact) mass is 519 g/mol. The number of imidazole rings is 1. The topological polar surface area (TPSA) is 60.2 Å². The number of nitrogens with zero attached hydrogens (tertiary/aromatic N) is 3. The van der Waals surface area contributed by atoms with Crippen LogP contribution in [0.4, 0.5) is 4.39 Å². The SMILES string of the molecule is CCn1c(C(O)(c2ccccc2)c2ncccc2F)nc2ccc(CCCO[Si](C)(C)C(C)(C)C)cc21. The maximum atomic E-state index is 15.1. The number of hydrogen-bond donors (Lipinski definition) is 1. The summed E-state index contributed by atoms with van der Waals surface area (Å²) in [6.45, 7) is 14.6. The molecule has 0 aliphatic heterocycles.